The first-order valence-corrected chi connectivity index (χ1v) is 5.86. The fraction of sp³-hybridized carbons (Fsp3) is 0.462. The molecule has 0 radical (unpaired) electrons. The number of carbonyl (C=O) groups excluding carboxylic acids is 1. The summed E-state index contributed by atoms with van der Waals surface area (Å²) in [6, 6.07) is 5.20. The molecule has 88 valence electrons. The average molecular weight is 229 g/mol. The molecule has 0 saturated carbocycles. The summed E-state index contributed by atoms with van der Waals surface area (Å²) >= 11 is 0. The van der Waals surface area contributed by atoms with Gasteiger partial charge in [-0.3, -0.25) is 4.79 Å². The molecular weight excluding hydrogens is 214 g/mol. The van der Waals surface area contributed by atoms with Crippen molar-refractivity contribution < 1.29 is 4.79 Å². The van der Waals surface area contributed by atoms with E-state index in [2.05, 4.69) is 11.9 Å². The lowest BCUT2D eigenvalue weighted by molar-refractivity contribution is 0.0682. The third-order valence-electron chi connectivity index (χ3n) is 3.07. The second-order valence-corrected chi connectivity index (χ2v) is 4.54. The Balaban J connectivity index is 2.11. The molecule has 1 aliphatic rings. The number of likely N-dealkylation sites (tertiary alicyclic amines) is 1. The SMILES string of the molecule is CC1CCCN(C(=O)c2ccc(C#N)nc2)C1. The lowest BCUT2D eigenvalue weighted by Crippen LogP contribution is -2.39. The van der Waals surface area contributed by atoms with Crippen LogP contribution in [0.5, 0.6) is 0 Å². The lowest BCUT2D eigenvalue weighted by atomic mass is 10.00. The van der Waals surface area contributed by atoms with Gasteiger partial charge in [-0.15, -0.1) is 0 Å². The Morgan fingerprint density at radius 1 is 1.59 bits per heavy atom. The maximum atomic E-state index is 12.1. The number of nitriles is 1. The molecule has 17 heavy (non-hydrogen) atoms. The topological polar surface area (TPSA) is 57.0 Å². The normalized spacial score (nSPS) is 19.8. The Kier molecular flexibility index (Phi) is 3.38. The number of nitrogens with zero attached hydrogens (tertiary/aromatic N) is 3. The molecule has 1 aromatic rings. The van der Waals surface area contributed by atoms with Gasteiger partial charge in [0.1, 0.15) is 11.8 Å². The van der Waals surface area contributed by atoms with Crippen molar-refractivity contribution >= 4 is 5.91 Å². The van der Waals surface area contributed by atoms with E-state index < -0.39 is 0 Å². The summed E-state index contributed by atoms with van der Waals surface area (Å²) in [6.07, 6.45) is 3.74. The Bertz CT molecular complexity index is 447. The molecule has 0 spiro atoms. The molecule has 0 aliphatic carbocycles. The Hall–Kier alpha value is -1.89. The fourth-order valence-corrected chi connectivity index (χ4v) is 2.14. The van der Waals surface area contributed by atoms with Crippen LogP contribution in [0.1, 0.15) is 35.8 Å². The van der Waals surface area contributed by atoms with Crippen molar-refractivity contribution in [1.82, 2.24) is 9.88 Å². The summed E-state index contributed by atoms with van der Waals surface area (Å²) in [5.74, 6) is 0.590. The number of rotatable bonds is 1. The van der Waals surface area contributed by atoms with Crippen molar-refractivity contribution in [3.63, 3.8) is 0 Å². The van der Waals surface area contributed by atoms with E-state index in [-0.39, 0.29) is 5.91 Å². The summed E-state index contributed by atoms with van der Waals surface area (Å²) in [5, 5.41) is 8.64. The van der Waals surface area contributed by atoms with Crippen LogP contribution in [0.2, 0.25) is 0 Å². The number of hydrogen-bond donors (Lipinski definition) is 0. The van der Waals surface area contributed by atoms with Crippen molar-refractivity contribution in [2.45, 2.75) is 19.8 Å². The van der Waals surface area contributed by atoms with E-state index >= 15 is 0 Å². The minimum Gasteiger partial charge on any atom is -0.338 e. The summed E-state index contributed by atoms with van der Waals surface area (Å²) in [6.45, 7) is 3.80. The van der Waals surface area contributed by atoms with Crippen LogP contribution in [-0.4, -0.2) is 28.9 Å². The smallest absolute Gasteiger partial charge is 0.255 e. The second kappa shape index (κ2) is 4.96. The predicted molar refractivity (Wildman–Crippen MR) is 63.3 cm³/mol. The zero-order valence-corrected chi connectivity index (χ0v) is 9.89. The molecule has 1 fully saturated rings. The van der Waals surface area contributed by atoms with Crippen molar-refractivity contribution in [3.8, 4) is 6.07 Å². The Morgan fingerprint density at radius 2 is 2.41 bits per heavy atom. The molecule has 1 unspecified atom stereocenters. The van der Waals surface area contributed by atoms with Gasteiger partial charge >= 0.3 is 0 Å². The monoisotopic (exact) mass is 229 g/mol. The molecule has 1 saturated heterocycles. The van der Waals surface area contributed by atoms with E-state index in [0.29, 0.717) is 17.2 Å². The van der Waals surface area contributed by atoms with Gasteiger partial charge in [0.2, 0.25) is 0 Å². The highest BCUT2D eigenvalue weighted by atomic mass is 16.2. The molecule has 1 amide bonds. The molecule has 1 atom stereocenters. The van der Waals surface area contributed by atoms with Gasteiger partial charge in [-0.05, 0) is 30.9 Å². The van der Waals surface area contributed by atoms with Crippen LogP contribution in [0.25, 0.3) is 0 Å². The van der Waals surface area contributed by atoms with Gasteiger partial charge in [0, 0.05) is 19.3 Å². The molecule has 0 aromatic carbocycles. The van der Waals surface area contributed by atoms with E-state index in [1.54, 1.807) is 12.1 Å². The zero-order chi connectivity index (χ0) is 12.3. The first-order chi connectivity index (χ1) is 8.20. The van der Waals surface area contributed by atoms with Crippen LogP contribution in [0.4, 0.5) is 0 Å². The largest absolute Gasteiger partial charge is 0.338 e. The van der Waals surface area contributed by atoms with Crippen molar-refractivity contribution in [3.05, 3.63) is 29.6 Å². The molecule has 4 nitrogen and oxygen atoms in total. The zero-order valence-electron chi connectivity index (χ0n) is 9.89. The number of pyridine rings is 1. The molecule has 0 bridgehead atoms. The number of aromatic nitrogens is 1. The lowest BCUT2D eigenvalue weighted by Gasteiger charge is -2.30. The molecule has 0 N–H and O–H groups in total. The summed E-state index contributed by atoms with van der Waals surface area (Å²) in [5.41, 5.74) is 0.909. The second-order valence-electron chi connectivity index (χ2n) is 4.54. The first kappa shape index (κ1) is 11.6. The van der Waals surface area contributed by atoms with Crippen LogP contribution >= 0.6 is 0 Å². The predicted octanol–water partition coefficient (Wildman–Crippen LogP) is 1.83. The highest BCUT2D eigenvalue weighted by Gasteiger charge is 2.21. The third kappa shape index (κ3) is 2.62. The standard InChI is InChI=1S/C13H15N3O/c1-10-3-2-6-16(9-10)13(17)11-4-5-12(7-14)15-8-11/h4-5,8,10H,2-3,6,9H2,1H3. The minimum atomic E-state index is 0.0218. The van der Waals surface area contributed by atoms with Crippen LogP contribution in [0, 0.1) is 17.2 Å². The van der Waals surface area contributed by atoms with Crippen molar-refractivity contribution in [2.24, 2.45) is 5.92 Å². The van der Waals surface area contributed by atoms with Gasteiger partial charge in [-0.1, -0.05) is 6.92 Å². The van der Waals surface area contributed by atoms with E-state index in [1.165, 1.54) is 12.6 Å². The highest BCUT2D eigenvalue weighted by Crippen LogP contribution is 2.17. The quantitative estimate of drug-likeness (QED) is 0.738. The third-order valence-corrected chi connectivity index (χ3v) is 3.07. The van der Waals surface area contributed by atoms with Crippen LogP contribution in [-0.2, 0) is 0 Å². The molecule has 4 heteroatoms. The van der Waals surface area contributed by atoms with Crippen LogP contribution < -0.4 is 0 Å². The van der Waals surface area contributed by atoms with Gasteiger partial charge < -0.3 is 4.90 Å². The van der Waals surface area contributed by atoms with Gasteiger partial charge in [0.25, 0.3) is 5.91 Å². The van der Waals surface area contributed by atoms with Gasteiger partial charge in [0.05, 0.1) is 5.56 Å². The molecule has 1 aliphatic heterocycles. The molecule has 2 rings (SSSR count). The first-order valence-electron chi connectivity index (χ1n) is 5.86. The maximum absolute atomic E-state index is 12.1. The van der Waals surface area contributed by atoms with Crippen LogP contribution in [0.3, 0.4) is 0 Å². The Morgan fingerprint density at radius 3 is 3.00 bits per heavy atom. The number of carbonyl (C=O) groups is 1. The van der Waals surface area contributed by atoms with Crippen LogP contribution in [0.15, 0.2) is 18.3 Å². The van der Waals surface area contributed by atoms with Gasteiger partial charge in [-0.25, -0.2) is 4.98 Å². The summed E-state index contributed by atoms with van der Waals surface area (Å²) < 4.78 is 0. The van der Waals surface area contributed by atoms with E-state index in [0.717, 1.165) is 19.5 Å². The van der Waals surface area contributed by atoms with E-state index in [1.807, 2.05) is 11.0 Å². The summed E-state index contributed by atoms with van der Waals surface area (Å²) in [7, 11) is 0. The molecule has 2 heterocycles. The fourth-order valence-electron chi connectivity index (χ4n) is 2.14. The van der Waals surface area contributed by atoms with Crippen molar-refractivity contribution in [1.29, 1.82) is 5.26 Å². The van der Waals surface area contributed by atoms with Gasteiger partial charge in [0.15, 0.2) is 0 Å². The van der Waals surface area contributed by atoms with E-state index in [4.69, 9.17) is 5.26 Å². The molecule has 1 aromatic heterocycles. The maximum Gasteiger partial charge on any atom is 0.255 e. The van der Waals surface area contributed by atoms with E-state index in [9.17, 15) is 4.79 Å². The minimum absolute atomic E-state index is 0.0218. The van der Waals surface area contributed by atoms with Gasteiger partial charge in [-0.2, -0.15) is 5.26 Å². The Labute approximate surface area is 101 Å². The molecular formula is C13H15N3O. The highest BCUT2D eigenvalue weighted by molar-refractivity contribution is 5.94. The summed E-state index contributed by atoms with van der Waals surface area (Å²) in [4.78, 5) is 17.9. The van der Waals surface area contributed by atoms with Crippen molar-refractivity contribution in [2.75, 3.05) is 13.1 Å². The number of amides is 1. The number of hydrogen-bond acceptors (Lipinski definition) is 3. The number of piperidine rings is 1. The average Bonchev–Trinajstić information content (AvgIpc) is 2.38.